The SMILES string of the molecule is CC(O)CCN(C)Cc1ccc([N+](=O)[O-])cc1F. The first kappa shape index (κ1) is 14.5. The molecule has 0 saturated carbocycles. The molecular formula is C12H17FN2O3. The monoisotopic (exact) mass is 256 g/mol. The summed E-state index contributed by atoms with van der Waals surface area (Å²) in [5.41, 5.74) is 0.163. The fraction of sp³-hybridized carbons (Fsp3) is 0.500. The van der Waals surface area contributed by atoms with Gasteiger partial charge in [-0.2, -0.15) is 0 Å². The lowest BCUT2D eigenvalue weighted by Crippen LogP contribution is -2.22. The van der Waals surface area contributed by atoms with Crippen molar-refractivity contribution in [1.82, 2.24) is 4.90 Å². The van der Waals surface area contributed by atoms with Crippen LogP contribution in [-0.2, 0) is 6.54 Å². The molecule has 0 aromatic heterocycles. The molecule has 1 N–H and O–H groups in total. The number of nitrogens with zero attached hydrogens (tertiary/aromatic N) is 2. The highest BCUT2D eigenvalue weighted by atomic mass is 19.1. The fourth-order valence-electron chi connectivity index (χ4n) is 1.56. The van der Waals surface area contributed by atoms with Crippen molar-refractivity contribution >= 4 is 5.69 Å². The van der Waals surface area contributed by atoms with E-state index in [1.54, 1.807) is 6.92 Å². The summed E-state index contributed by atoms with van der Waals surface area (Å²) < 4.78 is 13.6. The lowest BCUT2D eigenvalue weighted by atomic mass is 10.1. The summed E-state index contributed by atoms with van der Waals surface area (Å²) in [6, 6.07) is 3.64. The summed E-state index contributed by atoms with van der Waals surface area (Å²) in [5, 5.41) is 19.6. The zero-order chi connectivity index (χ0) is 13.7. The highest BCUT2D eigenvalue weighted by Crippen LogP contribution is 2.17. The number of aliphatic hydroxyl groups is 1. The van der Waals surface area contributed by atoms with Crippen LogP contribution in [0.25, 0.3) is 0 Å². The smallest absolute Gasteiger partial charge is 0.272 e. The summed E-state index contributed by atoms with van der Waals surface area (Å²) in [6.45, 7) is 2.69. The second-order valence-corrected chi connectivity index (χ2v) is 4.41. The number of rotatable bonds is 6. The van der Waals surface area contributed by atoms with Crippen LogP contribution in [0.5, 0.6) is 0 Å². The molecule has 1 rings (SSSR count). The number of hydrogen-bond donors (Lipinski definition) is 1. The molecule has 6 heteroatoms. The summed E-state index contributed by atoms with van der Waals surface area (Å²) in [6.07, 6.45) is 0.208. The number of nitro benzene ring substituents is 1. The second kappa shape index (κ2) is 6.42. The maximum absolute atomic E-state index is 13.6. The largest absolute Gasteiger partial charge is 0.393 e. The molecule has 0 aliphatic heterocycles. The van der Waals surface area contributed by atoms with Crippen LogP contribution in [0, 0.1) is 15.9 Å². The number of hydrogen-bond acceptors (Lipinski definition) is 4. The number of benzene rings is 1. The van der Waals surface area contributed by atoms with Gasteiger partial charge in [0.05, 0.1) is 17.1 Å². The molecule has 0 radical (unpaired) electrons. The molecule has 0 bridgehead atoms. The molecule has 1 atom stereocenters. The van der Waals surface area contributed by atoms with Crippen molar-refractivity contribution in [3.63, 3.8) is 0 Å². The first-order chi connectivity index (χ1) is 8.40. The summed E-state index contributed by atoms with van der Waals surface area (Å²) in [4.78, 5) is 11.7. The molecule has 0 fully saturated rings. The van der Waals surface area contributed by atoms with E-state index >= 15 is 0 Å². The molecule has 0 aliphatic rings. The van der Waals surface area contributed by atoms with Crippen LogP contribution in [-0.4, -0.2) is 34.6 Å². The zero-order valence-corrected chi connectivity index (χ0v) is 10.5. The van der Waals surface area contributed by atoms with Gasteiger partial charge in [-0.15, -0.1) is 0 Å². The van der Waals surface area contributed by atoms with Gasteiger partial charge in [-0.3, -0.25) is 10.1 Å². The minimum atomic E-state index is -0.621. The van der Waals surface area contributed by atoms with Gasteiger partial charge in [-0.1, -0.05) is 0 Å². The number of nitro groups is 1. The standard InChI is InChI=1S/C12H17FN2O3/c1-9(16)5-6-14(2)8-10-3-4-11(15(17)18)7-12(10)13/h3-4,7,9,16H,5-6,8H2,1-2H3. The predicted molar refractivity (Wildman–Crippen MR) is 65.7 cm³/mol. The number of halogens is 1. The van der Waals surface area contributed by atoms with E-state index in [1.807, 2.05) is 11.9 Å². The minimum absolute atomic E-state index is 0.247. The van der Waals surface area contributed by atoms with E-state index in [9.17, 15) is 14.5 Å². The summed E-state index contributed by atoms with van der Waals surface area (Å²) >= 11 is 0. The van der Waals surface area contributed by atoms with Gasteiger partial charge < -0.3 is 10.0 Å². The molecule has 100 valence electrons. The van der Waals surface area contributed by atoms with Gasteiger partial charge in [0.1, 0.15) is 5.82 Å². The van der Waals surface area contributed by atoms with Gasteiger partial charge in [0, 0.05) is 24.7 Å². The van der Waals surface area contributed by atoms with E-state index in [0.717, 1.165) is 6.07 Å². The minimum Gasteiger partial charge on any atom is -0.393 e. The van der Waals surface area contributed by atoms with Crippen molar-refractivity contribution in [2.45, 2.75) is 26.0 Å². The second-order valence-electron chi connectivity index (χ2n) is 4.41. The van der Waals surface area contributed by atoms with E-state index in [2.05, 4.69) is 0 Å². The predicted octanol–water partition coefficient (Wildman–Crippen LogP) is 1.94. The van der Waals surface area contributed by atoms with Crippen molar-refractivity contribution in [3.05, 3.63) is 39.7 Å². The van der Waals surface area contributed by atoms with Gasteiger partial charge in [-0.25, -0.2) is 4.39 Å². The first-order valence-corrected chi connectivity index (χ1v) is 5.69. The number of non-ortho nitro benzene ring substituents is 1. The third kappa shape index (κ3) is 4.38. The Morgan fingerprint density at radius 1 is 1.56 bits per heavy atom. The van der Waals surface area contributed by atoms with Gasteiger partial charge in [0.15, 0.2) is 0 Å². The normalized spacial score (nSPS) is 12.7. The first-order valence-electron chi connectivity index (χ1n) is 5.69. The molecular weight excluding hydrogens is 239 g/mol. The van der Waals surface area contributed by atoms with Crippen LogP contribution in [0.1, 0.15) is 18.9 Å². The molecule has 5 nitrogen and oxygen atoms in total. The average molecular weight is 256 g/mol. The average Bonchev–Trinajstić information content (AvgIpc) is 2.29. The molecule has 18 heavy (non-hydrogen) atoms. The van der Waals surface area contributed by atoms with Crippen molar-refractivity contribution in [3.8, 4) is 0 Å². The fourth-order valence-corrected chi connectivity index (χ4v) is 1.56. The Balaban J connectivity index is 2.64. The quantitative estimate of drug-likeness (QED) is 0.624. The van der Waals surface area contributed by atoms with Crippen molar-refractivity contribution in [2.24, 2.45) is 0 Å². The third-order valence-electron chi connectivity index (χ3n) is 2.62. The Morgan fingerprint density at radius 2 is 2.22 bits per heavy atom. The highest BCUT2D eigenvalue weighted by Gasteiger charge is 2.12. The Kier molecular flexibility index (Phi) is 5.18. The molecule has 0 aliphatic carbocycles. The summed E-state index contributed by atoms with van der Waals surface area (Å²) in [5.74, 6) is -0.576. The van der Waals surface area contributed by atoms with E-state index in [0.29, 0.717) is 25.1 Å². The van der Waals surface area contributed by atoms with Gasteiger partial charge in [0.2, 0.25) is 0 Å². The van der Waals surface area contributed by atoms with E-state index in [-0.39, 0.29) is 5.69 Å². The van der Waals surface area contributed by atoms with Crippen LogP contribution in [0.3, 0.4) is 0 Å². The van der Waals surface area contributed by atoms with Crippen LogP contribution in [0.4, 0.5) is 10.1 Å². The lowest BCUT2D eigenvalue weighted by Gasteiger charge is -2.17. The maximum atomic E-state index is 13.6. The maximum Gasteiger partial charge on any atom is 0.272 e. The molecule has 0 heterocycles. The van der Waals surface area contributed by atoms with E-state index in [1.165, 1.54) is 12.1 Å². The molecule has 1 unspecified atom stereocenters. The highest BCUT2D eigenvalue weighted by molar-refractivity contribution is 5.34. The Morgan fingerprint density at radius 3 is 2.72 bits per heavy atom. The van der Waals surface area contributed by atoms with E-state index < -0.39 is 16.8 Å². The van der Waals surface area contributed by atoms with Crippen molar-refractivity contribution in [1.29, 1.82) is 0 Å². The molecule has 0 amide bonds. The topological polar surface area (TPSA) is 66.6 Å². The van der Waals surface area contributed by atoms with Gasteiger partial charge >= 0.3 is 0 Å². The Labute approximate surface area is 105 Å². The molecule has 1 aromatic rings. The van der Waals surface area contributed by atoms with Crippen LogP contribution in [0.15, 0.2) is 18.2 Å². The van der Waals surface area contributed by atoms with Crippen molar-refractivity contribution in [2.75, 3.05) is 13.6 Å². The van der Waals surface area contributed by atoms with Crippen LogP contribution in [0.2, 0.25) is 0 Å². The summed E-state index contributed by atoms with van der Waals surface area (Å²) in [7, 11) is 1.81. The lowest BCUT2D eigenvalue weighted by molar-refractivity contribution is -0.385. The Hall–Kier alpha value is -1.53. The zero-order valence-electron chi connectivity index (χ0n) is 10.5. The molecule has 1 aromatic carbocycles. The van der Waals surface area contributed by atoms with Crippen LogP contribution < -0.4 is 0 Å². The van der Waals surface area contributed by atoms with Gasteiger partial charge in [-0.05, 0) is 26.5 Å². The Bertz CT molecular complexity index is 424. The van der Waals surface area contributed by atoms with Crippen LogP contribution >= 0.6 is 0 Å². The number of aliphatic hydroxyl groups excluding tert-OH is 1. The third-order valence-corrected chi connectivity index (χ3v) is 2.62. The molecule has 0 spiro atoms. The van der Waals surface area contributed by atoms with E-state index in [4.69, 9.17) is 5.11 Å². The molecule has 0 saturated heterocycles. The van der Waals surface area contributed by atoms with Gasteiger partial charge in [0.25, 0.3) is 5.69 Å². The van der Waals surface area contributed by atoms with Crippen molar-refractivity contribution < 1.29 is 14.4 Å².